The average Bonchev–Trinajstić information content (AvgIpc) is 3.17. The van der Waals surface area contributed by atoms with E-state index in [0.29, 0.717) is 0 Å². The van der Waals surface area contributed by atoms with E-state index in [1.54, 1.807) is 0 Å². The number of nitrogens with two attached hydrogens (primary N) is 1. The molecule has 112 valence electrons. The number of rotatable bonds is 8. The first-order chi connectivity index (χ1) is 9.56. The van der Waals surface area contributed by atoms with Crippen molar-refractivity contribution in [2.75, 3.05) is 31.7 Å². The SMILES string of the molecule is Cc1cc(CC(C)N)ccc1N(C)CCOCC1CC1. The van der Waals surface area contributed by atoms with Gasteiger partial charge in [-0.25, -0.2) is 0 Å². The molecule has 1 aliphatic rings. The van der Waals surface area contributed by atoms with E-state index in [1.807, 2.05) is 6.92 Å². The summed E-state index contributed by atoms with van der Waals surface area (Å²) >= 11 is 0. The van der Waals surface area contributed by atoms with E-state index in [-0.39, 0.29) is 6.04 Å². The maximum absolute atomic E-state index is 5.86. The molecule has 0 spiro atoms. The number of ether oxygens (including phenoxy) is 1. The first kappa shape index (κ1) is 15.3. The molecule has 2 rings (SSSR count). The van der Waals surface area contributed by atoms with E-state index in [2.05, 4.69) is 37.1 Å². The minimum atomic E-state index is 0.216. The van der Waals surface area contributed by atoms with Crippen LogP contribution >= 0.6 is 0 Å². The van der Waals surface area contributed by atoms with E-state index in [4.69, 9.17) is 10.5 Å². The van der Waals surface area contributed by atoms with Crippen LogP contribution in [0.1, 0.15) is 30.9 Å². The van der Waals surface area contributed by atoms with Crippen molar-refractivity contribution < 1.29 is 4.74 Å². The van der Waals surface area contributed by atoms with Crippen LogP contribution in [0.15, 0.2) is 18.2 Å². The van der Waals surface area contributed by atoms with Crippen molar-refractivity contribution in [1.82, 2.24) is 0 Å². The van der Waals surface area contributed by atoms with E-state index in [9.17, 15) is 0 Å². The van der Waals surface area contributed by atoms with E-state index >= 15 is 0 Å². The molecule has 3 nitrogen and oxygen atoms in total. The van der Waals surface area contributed by atoms with Crippen molar-refractivity contribution in [2.24, 2.45) is 11.7 Å². The smallest absolute Gasteiger partial charge is 0.0641 e. The van der Waals surface area contributed by atoms with Gasteiger partial charge in [-0.1, -0.05) is 12.1 Å². The van der Waals surface area contributed by atoms with Crippen molar-refractivity contribution in [3.63, 3.8) is 0 Å². The molecule has 20 heavy (non-hydrogen) atoms. The van der Waals surface area contributed by atoms with Gasteiger partial charge in [-0.2, -0.15) is 0 Å². The highest BCUT2D eigenvalue weighted by Gasteiger charge is 2.21. The molecule has 0 aliphatic heterocycles. The van der Waals surface area contributed by atoms with Crippen molar-refractivity contribution in [1.29, 1.82) is 0 Å². The monoisotopic (exact) mass is 276 g/mol. The molecule has 1 aromatic carbocycles. The van der Waals surface area contributed by atoms with Crippen molar-refractivity contribution >= 4 is 5.69 Å². The normalized spacial score (nSPS) is 16.2. The molecule has 0 aromatic heterocycles. The summed E-state index contributed by atoms with van der Waals surface area (Å²) in [7, 11) is 2.13. The molecule has 0 radical (unpaired) electrons. The second-order valence-corrected chi connectivity index (χ2v) is 6.24. The Morgan fingerprint density at radius 1 is 1.40 bits per heavy atom. The lowest BCUT2D eigenvalue weighted by Gasteiger charge is -2.22. The van der Waals surface area contributed by atoms with Crippen LogP contribution < -0.4 is 10.6 Å². The second-order valence-electron chi connectivity index (χ2n) is 6.24. The number of benzene rings is 1. The zero-order valence-corrected chi connectivity index (χ0v) is 13.1. The van der Waals surface area contributed by atoms with Crippen LogP contribution in [0.4, 0.5) is 5.69 Å². The highest BCUT2D eigenvalue weighted by molar-refractivity contribution is 5.54. The largest absolute Gasteiger partial charge is 0.379 e. The minimum absolute atomic E-state index is 0.216. The Kier molecular flexibility index (Phi) is 5.44. The van der Waals surface area contributed by atoms with Gasteiger partial charge in [-0.15, -0.1) is 0 Å². The van der Waals surface area contributed by atoms with Crippen LogP contribution in [-0.4, -0.2) is 32.8 Å². The quantitative estimate of drug-likeness (QED) is 0.742. The zero-order chi connectivity index (χ0) is 14.5. The maximum Gasteiger partial charge on any atom is 0.0641 e. The number of anilines is 1. The van der Waals surface area contributed by atoms with Crippen LogP contribution in [-0.2, 0) is 11.2 Å². The number of aryl methyl sites for hydroxylation is 1. The topological polar surface area (TPSA) is 38.5 Å². The molecular weight excluding hydrogens is 248 g/mol. The Bertz CT molecular complexity index is 427. The fraction of sp³-hybridized carbons (Fsp3) is 0.647. The summed E-state index contributed by atoms with van der Waals surface area (Å²) in [5.41, 5.74) is 9.77. The average molecular weight is 276 g/mol. The van der Waals surface area contributed by atoms with Crippen molar-refractivity contribution in [2.45, 2.75) is 39.2 Å². The molecule has 2 N–H and O–H groups in total. The molecule has 1 saturated carbocycles. The Morgan fingerprint density at radius 2 is 2.15 bits per heavy atom. The lowest BCUT2D eigenvalue weighted by molar-refractivity contribution is 0.131. The van der Waals surface area contributed by atoms with Crippen molar-refractivity contribution in [3.05, 3.63) is 29.3 Å². The van der Waals surface area contributed by atoms with Gasteiger partial charge in [0.2, 0.25) is 0 Å². The summed E-state index contributed by atoms with van der Waals surface area (Å²) < 4.78 is 5.71. The Morgan fingerprint density at radius 3 is 2.75 bits per heavy atom. The summed E-state index contributed by atoms with van der Waals surface area (Å²) in [5.74, 6) is 0.847. The van der Waals surface area contributed by atoms with Crippen LogP contribution in [0.5, 0.6) is 0 Å². The molecule has 1 fully saturated rings. The van der Waals surface area contributed by atoms with Gasteiger partial charge in [-0.05, 0) is 56.2 Å². The van der Waals surface area contributed by atoms with Crippen LogP contribution in [0.2, 0.25) is 0 Å². The van der Waals surface area contributed by atoms with E-state index in [0.717, 1.165) is 32.1 Å². The Labute approximate surface area is 123 Å². The standard InChI is InChI=1S/C17H28N2O/c1-13-10-16(11-14(2)18)6-7-17(13)19(3)8-9-20-12-15-4-5-15/h6-7,10,14-15H,4-5,8-9,11-12,18H2,1-3H3. The summed E-state index contributed by atoms with van der Waals surface area (Å²) in [6.45, 7) is 6.92. The summed E-state index contributed by atoms with van der Waals surface area (Å²) in [5, 5.41) is 0. The van der Waals surface area contributed by atoms with Gasteiger partial charge in [0, 0.05) is 31.9 Å². The van der Waals surface area contributed by atoms with Crippen molar-refractivity contribution in [3.8, 4) is 0 Å². The van der Waals surface area contributed by atoms with Crippen LogP contribution in [0, 0.1) is 12.8 Å². The van der Waals surface area contributed by atoms with Gasteiger partial charge in [0.15, 0.2) is 0 Å². The number of hydrogen-bond acceptors (Lipinski definition) is 3. The summed E-state index contributed by atoms with van der Waals surface area (Å²) in [4.78, 5) is 2.28. The molecule has 3 heteroatoms. The van der Waals surface area contributed by atoms with Crippen LogP contribution in [0.3, 0.4) is 0 Å². The number of hydrogen-bond donors (Lipinski definition) is 1. The third-order valence-electron chi connectivity index (χ3n) is 3.85. The highest BCUT2D eigenvalue weighted by Crippen LogP contribution is 2.28. The molecule has 0 heterocycles. The van der Waals surface area contributed by atoms with Gasteiger partial charge < -0.3 is 15.4 Å². The third-order valence-corrected chi connectivity index (χ3v) is 3.85. The lowest BCUT2D eigenvalue weighted by Crippen LogP contribution is -2.24. The maximum atomic E-state index is 5.86. The minimum Gasteiger partial charge on any atom is -0.379 e. The van der Waals surface area contributed by atoms with Gasteiger partial charge in [-0.3, -0.25) is 0 Å². The molecule has 1 unspecified atom stereocenters. The second kappa shape index (κ2) is 7.09. The molecule has 1 aromatic rings. The van der Waals surface area contributed by atoms with Gasteiger partial charge in [0.25, 0.3) is 0 Å². The molecule has 0 saturated heterocycles. The van der Waals surface area contributed by atoms with Gasteiger partial charge >= 0.3 is 0 Å². The first-order valence-electron chi connectivity index (χ1n) is 7.70. The molecule has 0 amide bonds. The van der Waals surface area contributed by atoms with E-state index in [1.165, 1.54) is 29.7 Å². The molecule has 1 atom stereocenters. The summed E-state index contributed by atoms with van der Waals surface area (Å²) in [6, 6.07) is 6.86. The number of likely N-dealkylation sites (N-methyl/N-ethyl adjacent to an activating group) is 1. The predicted molar refractivity (Wildman–Crippen MR) is 85.3 cm³/mol. The summed E-state index contributed by atoms with van der Waals surface area (Å²) in [6.07, 6.45) is 3.65. The lowest BCUT2D eigenvalue weighted by atomic mass is 10.0. The number of nitrogens with zero attached hydrogens (tertiary/aromatic N) is 1. The fourth-order valence-corrected chi connectivity index (χ4v) is 2.50. The highest BCUT2D eigenvalue weighted by atomic mass is 16.5. The first-order valence-corrected chi connectivity index (χ1v) is 7.70. The molecule has 0 bridgehead atoms. The molecule has 1 aliphatic carbocycles. The van der Waals surface area contributed by atoms with Gasteiger partial charge in [0.05, 0.1) is 6.61 Å². The molecular formula is C17H28N2O. The third kappa shape index (κ3) is 4.80. The predicted octanol–water partition coefficient (Wildman–Crippen LogP) is 2.75. The van der Waals surface area contributed by atoms with Crippen LogP contribution in [0.25, 0.3) is 0 Å². The fourth-order valence-electron chi connectivity index (χ4n) is 2.50. The van der Waals surface area contributed by atoms with Gasteiger partial charge in [0.1, 0.15) is 0 Å². The zero-order valence-electron chi connectivity index (χ0n) is 13.1. The van der Waals surface area contributed by atoms with E-state index < -0.39 is 0 Å². The Hall–Kier alpha value is -1.06. The Balaban J connectivity index is 1.82.